The zero-order chi connectivity index (χ0) is 19.0. The SMILES string of the molecule is C=CCn1c(S[C@@H](C)C(=O)N(C)C)nc2sc3c(c2c1=O)CC[C@@H](C)C3. The molecule has 1 aliphatic carbocycles. The van der Waals surface area contributed by atoms with Crippen molar-refractivity contribution in [3.8, 4) is 0 Å². The lowest BCUT2D eigenvalue weighted by Gasteiger charge is -2.18. The van der Waals surface area contributed by atoms with E-state index in [1.54, 1.807) is 41.0 Å². The Bertz CT molecular complexity index is 914. The second-order valence-corrected chi connectivity index (χ2v) is 9.52. The highest BCUT2D eigenvalue weighted by molar-refractivity contribution is 8.00. The minimum absolute atomic E-state index is 0.00560. The van der Waals surface area contributed by atoms with Gasteiger partial charge < -0.3 is 4.90 Å². The van der Waals surface area contributed by atoms with Gasteiger partial charge in [-0.3, -0.25) is 14.2 Å². The minimum Gasteiger partial charge on any atom is -0.348 e. The summed E-state index contributed by atoms with van der Waals surface area (Å²) >= 11 is 2.98. The summed E-state index contributed by atoms with van der Waals surface area (Å²) in [6, 6.07) is 0. The third kappa shape index (κ3) is 3.47. The van der Waals surface area contributed by atoms with Crippen molar-refractivity contribution in [2.45, 2.75) is 50.1 Å². The maximum Gasteiger partial charge on any atom is 0.263 e. The third-order valence-corrected chi connectivity index (χ3v) is 6.99. The average molecular weight is 392 g/mol. The molecule has 1 amide bonds. The van der Waals surface area contributed by atoms with Gasteiger partial charge in [-0.25, -0.2) is 4.98 Å². The van der Waals surface area contributed by atoms with Crippen LogP contribution in [-0.2, 0) is 24.2 Å². The molecule has 1 aliphatic rings. The molecule has 0 aliphatic heterocycles. The van der Waals surface area contributed by atoms with Gasteiger partial charge in [-0.05, 0) is 37.7 Å². The van der Waals surface area contributed by atoms with Crippen LogP contribution < -0.4 is 5.56 Å². The van der Waals surface area contributed by atoms with E-state index < -0.39 is 0 Å². The predicted octanol–water partition coefficient (Wildman–Crippen LogP) is 3.34. The van der Waals surface area contributed by atoms with E-state index in [1.165, 1.54) is 22.2 Å². The van der Waals surface area contributed by atoms with E-state index in [0.29, 0.717) is 17.6 Å². The first-order valence-electron chi connectivity index (χ1n) is 8.87. The summed E-state index contributed by atoms with van der Waals surface area (Å²) in [4.78, 5) is 33.9. The number of hydrogen-bond acceptors (Lipinski definition) is 5. The van der Waals surface area contributed by atoms with Crippen molar-refractivity contribution in [1.82, 2.24) is 14.5 Å². The number of aryl methyl sites for hydroxylation is 1. The van der Waals surface area contributed by atoms with Gasteiger partial charge in [0.1, 0.15) is 4.83 Å². The van der Waals surface area contributed by atoms with Gasteiger partial charge in [-0.1, -0.05) is 24.8 Å². The molecular weight excluding hydrogens is 366 g/mol. The molecule has 2 aromatic heterocycles. The topological polar surface area (TPSA) is 55.2 Å². The summed E-state index contributed by atoms with van der Waals surface area (Å²) in [6.07, 6.45) is 4.79. The van der Waals surface area contributed by atoms with E-state index in [0.717, 1.165) is 29.5 Å². The van der Waals surface area contributed by atoms with Crippen LogP contribution in [0.3, 0.4) is 0 Å². The molecule has 0 fully saturated rings. The lowest BCUT2D eigenvalue weighted by molar-refractivity contribution is -0.127. The third-order valence-electron chi connectivity index (χ3n) is 4.76. The second-order valence-electron chi connectivity index (χ2n) is 7.12. The van der Waals surface area contributed by atoms with Gasteiger partial charge in [-0.2, -0.15) is 0 Å². The van der Waals surface area contributed by atoms with Crippen molar-refractivity contribution in [1.29, 1.82) is 0 Å². The standard InChI is InChI=1S/C19H25N3O2S2/c1-6-9-22-18(24)15-13-8-7-11(2)10-14(13)26-16(15)20-19(22)25-12(3)17(23)21(4)5/h6,11-12H,1,7-10H2,2-5H3/t11-,12+/m1/s1. The van der Waals surface area contributed by atoms with Gasteiger partial charge >= 0.3 is 0 Å². The van der Waals surface area contributed by atoms with Crippen molar-refractivity contribution >= 4 is 39.2 Å². The first kappa shape index (κ1) is 19.2. The second kappa shape index (κ2) is 7.56. The van der Waals surface area contributed by atoms with Crippen molar-refractivity contribution in [2.75, 3.05) is 14.1 Å². The molecule has 0 bridgehead atoms. The molecule has 0 radical (unpaired) electrons. The predicted molar refractivity (Wildman–Crippen MR) is 109 cm³/mol. The van der Waals surface area contributed by atoms with Crippen LogP contribution in [0.5, 0.6) is 0 Å². The molecule has 0 unspecified atom stereocenters. The Hall–Kier alpha value is -1.60. The molecule has 3 rings (SSSR count). The molecule has 2 atom stereocenters. The summed E-state index contributed by atoms with van der Waals surface area (Å²) in [6.45, 7) is 8.28. The van der Waals surface area contributed by atoms with Gasteiger partial charge in [-0.15, -0.1) is 17.9 Å². The average Bonchev–Trinajstić information content (AvgIpc) is 2.94. The van der Waals surface area contributed by atoms with Crippen LogP contribution in [0.25, 0.3) is 10.2 Å². The molecule has 0 aromatic carbocycles. The number of carbonyl (C=O) groups excluding carboxylic acids is 1. The number of hydrogen-bond donors (Lipinski definition) is 0. The Kier molecular flexibility index (Phi) is 5.58. The van der Waals surface area contributed by atoms with E-state index in [-0.39, 0.29) is 16.7 Å². The van der Waals surface area contributed by atoms with E-state index in [4.69, 9.17) is 4.98 Å². The number of fused-ring (bicyclic) bond motifs is 3. The number of thioether (sulfide) groups is 1. The summed E-state index contributed by atoms with van der Waals surface area (Å²) in [5.41, 5.74) is 1.18. The molecule has 140 valence electrons. The van der Waals surface area contributed by atoms with E-state index in [9.17, 15) is 9.59 Å². The summed E-state index contributed by atoms with van der Waals surface area (Å²) in [5, 5.41) is 1.06. The zero-order valence-corrected chi connectivity index (χ0v) is 17.4. The molecule has 0 spiro atoms. The number of aromatic nitrogens is 2. The molecule has 2 heterocycles. The zero-order valence-electron chi connectivity index (χ0n) is 15.7. The highest BCUT2D eigenvalue weighted by Crippen LogP contribution is 2.36. The number of allylic oxidation sites excluding steroid dienone is 1. The Morgan fingerprint density at radius 1 is 1.54 bits per heavy atom. The van der Waals surface area contributed by atoms with Gasteiger partial charge in [0.05, 0.1) is 10.6 Å². The maximum atomic E-state index is 13.2. The van der Waals surface area contributed by atoms with Crippen LogP contribution in [0.2, 0.25) is 0 Å². The van der Waals surface area contributed by atoms with Crippen molar-refractivity contribution in [3.05, 3.63) is 33.4 Å². The highest BCUT2D eigenvalue weighted by atomic mass is 32.2. The van der Waals surface area contributed by atoms with Gasteiger partial charge in [0.15, 0.2) is 5.16 Å². The van der Waals surface area contributed by atoms with Crippen LogP contribution >= 0.6 is 23.1 Å². The van der Waals surface area contributed by atoms with Crippen LogP contribution in [-0.4, -0.2) is 39.7 Å². The van der Waals surface area contributed by atoms with E-state index >= 15 is 0 Å². The molecule has 0 saturated carbocycles. The van der Waals surface area contributed by atoms with Crippen molar-refractivity contribution in [2.24, 2.45) is 5.92 Å². The fourth-order valence-electron chi connectivity index (χ4n) is 3.36. The van der Waals surface area contributed by atoms with E-state index in [2.05, 4.69) is 13.5 Å². The van der Waals surface area contributed by atoms with Crippen LogP contribution in [0.4, 0.5) is 0 Å². The molecule has 5 nitrogen and oxygen atoms in total. The lowest BCUT2D eigenvalue weighted by Crippen LogP contribution is -2.31. The minimum atomic E-state index is -0.306. The van der Waals surface area contributed by atoms with Gasteiger partial charge in [0.2, 0.25) is 5.91 Å². The molecule has 7 heteroatoms. The quantitative estimate of drug-likeness (QED) is 0.446. The Morgan fingerprint density at radius 3 is 2.92 bits per heavy atom. The molecule has 2 aromatic rings. The fraction of sp³-hybridized carbons (Fsp3) is 0.526. The largest absolute Gasteiger partial charge is 0.348 e. The number of carbonyl (C=O) groups is 1. The molecule has 0 saturated heterocycles. The van der Waals surface area contributed by atoms with Gasteiger partial charge in [0, 0.05) is 25.5 Å². The number of rotatable bonds is 5. The van der Waals surface area contributed by atoms with Crippen LogP contribution in [0.1, 0.15) is 30.7 Å². The Balaban J connectivity index is 2.11. The maximum absolute atomic E-state index is 13.2. The Morgan fingerprint density at radius 2 is 2.27 bits per heavy atom. The fourth-order valence-corrected chi connectivity index (χ4v) is 5.84. The monoisotopic (exact) mass is 391 g/mol. The summed E-state index contributed by atoms with van der Waals surface area (Å²) in [5.74, 6) is 0.659. The van der Waals surface area contributed by atoms with Crippen molar-refractivity contribution < 1.29 is 4.79 Å². The number of nitrogens with zero attached hydrogens (tertiary/aromatic N) is 3. The normalized spacial score (nSPS) is 17.8. The molecule has 0 N–H and O–H groups in total. The van der Waals surface area contributed by atoms with Gasteiger partial charge in [0.25, 0.3) is 5.56 Å². The van der Waals surface area contributed by atoms with E-state index in [1.807, 2.05) is 6.92 Å². The molecule has 26 heavy (non-hydrogen) atoms. The molecular formula is C19H25N3O2S2. The highest BCUT2D eigenvalue weighted by Gasteiger charge is 2.26. The lowest BCUT2D eigenvalue weighted by atomic mass is 9.89. The number of amides is 1. The van der Waals surface area contributed by atoms with Crippen molar-refractivity contribution in [3.63, 3.8) is 0 Å². The smallest absolute Gasteiger partial charge is 0.263 e. The van der Waals surface area contributed by atoms with Crippen LogP contribution in [0, 0.1) is 5.92 Å². The summed E-state index contributed by atoms with van der Waals surface area (Å²) in [7, 11) is 3.47. The summed E-state index contributed by atoms with van der Waals surface area (Å²) < 4.78 is 1.66. The Labute approximate surface area is 162 Å². The number of thiophene rings is 1. The first-order valence-corrected chi connectivity index (χ1v) is 10.6. The first-order chi connectivity index (χ1) is 12.3. The van der Waals surface area contributed by atoms with Crippen LogP contribution in [0.15, 0.2) is 22.6 Å².